The molecule has 3 heteroatoms. The summed E-state index contributed by atoms with van der Waals surface area (Å²) in [4.78, 5) is 2.33. The summed E-state index contributed by atoms with van der Waals surface area (Å²) in [6.45, 7) is 2.36. The smallest absolute Gasteiger partial charge is 0.0145 e. The van der Waals surface area contributed by atoms with Gasteiger partial charge in [0.15, 0.2) is 0 Å². The van der Waals surface area contributed by atoms with Crippen LogP contribution in [0.15, 0.2) is 0 Å². The Balaban J connectivity index is 2.24. The van der Waals surface area contributed by atoms with E-state index in [1.165, 1.54) is 25.9 Å². The van der Waals surface area contributed by atoms with Crippen molar-refractivity contribution in [2.45, 2.75) is 18.9 Å². The van der Waals surface area contributed by atoms with Gasteiger partial charge in [-0.15, -0.1) is 0 Å². The molecule has 1 aliphatic rings. The van der Waals surface area contributed by atoms with Crippen LogP contribution in [0.2, 0.25) is 0 Å². The van der Waals surface area contributed by atoms with Gasteiger partial charge in [0.05, 0.1) is 0 Å². The zero-order valence-electron chi connectivity index (χ0n) is 7.80. The van der Waals surface area contributed by atoms with E-state index in [1.54, 1.807) is 0 Å². The van der Waals surface area contributed by atoms with E-state index < -0.39 is 0 Å². The summed E-state index contributed by atoms with van der Waals surface area (Å²) in [7, 11) is 6.33. The molecular formula is C8H19N3. The molecule has 1 N–H and O–H groups in total. The van der Waals surface area contributed by atoms with Gasteiger partial charge >= 0.3 is 0 Å². The lowest BCUT2D eigenvalue weighted by Crippen LogP contribution is -2.46. The lowest BCUT2D eigenvalue weighted by Gasteiger charge is -2.34. The predicted molar refractivity (Wildman–Crippen MR) is 47.3 cm³/mol. The van der Waals surface area contributed by atoms with Crippen molar-refractivity contribution in [3.05, 3.63) is 0 Å². The summed E-state index contributed by atoms with van der Waals surface area (Å²) in [6, 6.07) is 0.791. The maximum atomic E-state index is 3.18. The van der Waals surface area contributed by atoms with Crippen LogP contribution in [0.25, 0.3) is 0 Å². The molecule has 0 bridgehead atoms. The third kappa shape index (κ3) is 2.43. The Kier molecular flexibility index (Phi) is 3.30. The van der Waals surface area contributed by atoms with E-state index in [0.717, 1.165) is 6.04 Å². The summed E-state index contributed by atoms with van der Waals surface area (Å²) in [5.41, 5.74) is 3.18. The van der Waals surface area contributed by atoms with Crippen molar-refractivity contribution in [1.82, 2.24) is 15.3 Å². The van der Waals surface area contributed by atoms with Crippen LogP contribution in [0, 0.1) is 0 Å². The first-order valence-corrected chi connectivity index (χ1v) is 4.33. The van der Waals surface area contributed by atoms with Gasteiger partial charge in [0.2, 0.25) is 0 Å². The predicted octanol–water partition coefficient (Wildman–Crippen LogP) is 0.147. The normalized spacial score (nSPS) is 22.9. The second-order valence-electron chi connectivity index (χ2n) is 3.41. The Morgan fingerprint density at radius 3 is 2.18 bits per heavy atom. The van der Waals surface area contributed by atoms with Crippen LogP contribution >= 0.6 is 0 Å². The third-order valence-electron chi connectivity index (χ3n) is 2.51. The van der Waals surface area contributed by atoms with E-state index in [2.05, 4.69) is 29.4 Å². The average molecular weight is 157 g/mol. The average Bonchev–Trinajstić information content (AvgIpc) is 2.05. The van der Waals surface area contributed by atoms with Crippen LogP contribution in [0.1, 0.15) is 12.8 Å². The van der Waals surface area contributed by atoms with E-state index >= 15 is 0 Å². The molecule has 11 heavy (non-hydrogen) atoms. The zero-order valence-corrected chi connectivity index (χ0v) is 7.80. The van der Waals surface area contributed by atoms with Crippen molar-refractivity contribution in [3.63, 3.8) is 0 Å². The van der Waals surface area contributed by atoms with Gasteiger partial charge in [-0.1, -0.05) is 0 Å². The Hall–Kier alpha value is -0.120. The highest BCUT2D eigenvalue weighted by atomic mass is 15.5. The molecule has 0 aliphatic carbocycles. The molecule has 1 heterocycles. The monoisotopic (exact) mass is 157 g/mol. The van der Waals surface area contributed by atoms with Crippen LogP contribution in [-0.2, 0) is 0 Å². The van der Waals surface area contributed by atoms with Gasteiger partial charge in [0.25, 0.3) is 0 Å². The van der Waals surface area contributed by atoms with E-state index in [9.17, 15) is 0 Å². The van der Waals surface area contributed by atoms with Crippen molar-refractivity contribution in [1.29, 1.82) is 0 Å². The number of rotatable bonds is 2. The molecule has 0 aromatic carbocycles. The van der Waals surface area contributed by atoms with Gasteiger partial charge in [-0.3, -0.25) is 5.43 Å². The summed E-state index contributed by atoms with van der Waals surface area (Å²) in [5, 5.41) is 2.28. The van der Waals surface area contributed by atoms with Crippen molar-refractivity contribution in [3.8, 4) is 0 Å². The molecule has 0 saturated carbocycles. The molecule has 0 radical (unpaired) electrons. The maximum absolute atomic E-state index is 3.18. The standard InChI is InChI=1S/C8H19N3/c1-9-11-6-4-8(5-7-11)10(2)3/h8-9H,4-7H2,1-3H3. The molecular weight excluding hydrogens is 138 g/mol. The molecule has 0 unspecified atom stereocenters. The first-order chi connectivity index (χ1) is 5.24. The van der Waals surface area contributed by atoms with E-state index in [1.807, 2.05) is 7.05 Å². The number of hydrogen-bond donors (Lipinski definition) is 1. The molecule has 0 amide bonds. The second kappa shape index (κ2) is 4.04. The lowest BCUT2D eigenvalue weighted by atomic mass is 10.1. The van der Waals surface area contributed by atoms with Gasteiger partial charge in [0, 0.05) is 19.1 Å². The second-order valence-corrected chi connectivity index (χ2v) is 3.41. The minimum absolute atomic E-state index is 0.791. The van der Waals surface area contributed by atoms with Crippen LogP contribution < -0.4 is 5.43 Å². The summed E-state index contributed by atoms with van der Waals surface area (Å²) in [5.74, 6) is 0. The topological polar surface area (TPSA) is 18.5 Å². The largest absolute Gasteiger partial charge is 0.306 e. The van der Waals surface area contributed by atoms with Crippen molar-refractivity contribution in [2.24, 2.45) is 0 Å². The van der Waals surface area contributed by atoms with Gasteiger partial charge in [-0.25, -0.2) is 5.01 Å². The fourth-order valence-electron chi connectivity index (χ4n) is 1.61. The highest BCUT2D eigenvalue weighted by Crippen LogP contribution is 2.11. The number of hydrazine groups is 1. The molecule has 1 fully saturated rings. The molecule has 0 spiro atoms. The van der Waals surface area contributed by atoms with Crippen molar-refractivity contribution >= 4 is 0 Å². The fourth-order valence-corrected chi connectivity index (χ4v) is 1.61. The molecule has 66 valence electrons. The zero-order chi connectivity index (χ0) is 8.27. The summed E-state index contributed by atoms with van der Waals surface area (Å²) in [6.07, 6.45) is 2.57. The number of nitrogens with one attached hydrogen (secondary N) is 1. The SMILES string of the molecule is CNN1CCC(N(C)C)CC1. The highest BCUT2D eigenvalue weighted by Gasteiger charge is 2.18. The van der Waals surface area contributed by atoms with Gasteiger partial charge in [-0.2, -0.15) is 0 Å². The highest BCUT2D eigenvalue weighted by molar-refractivity contribution is 4.74. The van der Waals surface area contributed by atoms with E-state index in [-0.39, 0.29) is 0 Å². The van der Waals surface area contributed by atoms with Gasteiger partial charge < -0.3 is 4.90 Å². The summed E-state index contributed by atoms with van der Waals surface area (Å²) < 4.78 is 0. The Morgan fingerprint density at radius 1 is 1.27 bits per heavy atom. The molecule has 0 aromatic heterocycles. The minimum atomic E-state index is 0.791. The van der Waals surface area contributed by atoms with Crippen LogP contribution in [-0.4, -0.2) is 50.2 Å². The number of nitrogens with zero attached hydrogens (tertiary/aromatic N) is 2. The fraction of sp³-hybridized carbons (Fsp3) is 1.00. The summed E-state index contributed by atoms with van der Waals surface area (Å²) >= 11 is 0. The Bertz CT molecular complexity index is 106. The Morgan fingerprint density at radius 2 is 1.82 bits per heavy atom. The molecule has 1 rings (SSSR count). The maximum Gasteiger partial charge on any atom is 0.0145 e. The van der Waals surface area contributed by atoms with E-state index in [4.69, 9.17) is 0 Å². The molecule has 0 aromatic rings. The molecule has 0 atom stereocenters. The Labute approximate surface area is 69.3 Å². The van der Waals surface area contributed by atoms with Crippen LogP contribution in [0.5, 0.6) is 0 Å². The first kappa shape index (κ1) is 8.97. The van der Waals surface area contributed by atoms with Crippen LogP contribution in [0.4, 0.5) is 0 Å². The number of piperidine rings is 1. The first-order valence-electron chi connectivity index (χ1n) is 4.33. The van der Waals surface area contributed by atoms with Crippen molar-refractivity contribution in [2.75, 3.05) is 34.2 Å². The van der Waals surface area contributed by atoms with Crippen LogP contribution in [0.3, 0.4) is 0 Å². The molecule has 1 aliphatic heterocycles. The molecule has 3 nitrogen and oxygen atoms in total. The van der Waals surface area contributed by atoms with Crippen molar-refractivity contribution < 1.29 is 0 Å². The lowest BCUT2D eigenvalue weighted by molar-refractivity contribution is 0.112. The quantitative estimate of drug-likeness (QED) is 0.615. The number of hydrogen-bond acceptors (Lipinski definition) is 3. The van der Waals surface area contributed by atoms with E-state index in [0.29, 0.717) is 0 Å². The van der Waals surface area contributed by atoms with Gasteiger partial charge in [0.1, 0.15) is 0 Å². The van der Waals surface area contributed by atoms with Gasteiger partial charge in [-0.05, 0) is 34.0 Å². The molecule has 1 saturated heterocycles. The minimum Gasteiger partial charge on any atom is -0.306 e. The third-order valence-corrected chi connectivity index (χ3v) is 2.51.